The number of benzene rings is 1. The fourth-order valence-electron chi connectivity index (χ4n) is 2.36. The van der Waals surface area contributed by atoms with Gasteiger partial charge in [0.25, 0.3) is 5.91 Å². The van der Waals surface area contributed by atoms with Crippen LogP contribution < -0.4 is 16.0 Å². The van der Waals surface area contributed by atoms with Gasteiger partial charge in [0.1, 0.15) is 0 Å². The summed E-state index contributed by atoms with van der Waals surface area (Å²) in [5.41, 5.74) is 0.622. The van der Waals surface area contributed by atoms with Crippen molar-refractivity contribution in [3.8, 4) is 0 Å². The molecule has 28 heavy (non-hydrogen) atoms. The number of nitrogens with one attached hydrogen (secondary N) is 3. The van der Waals surface area contributed by atoms with Crippen molar-refractivity contribution in [1.29, 1.82) is 0 Å². The number of carbonyl (C=O) groups excluding carboxylic acids is 1. The highest BCUT2D eigenvalue weighted by Crippen LogP contribution is 2.29. The molecule has 0 saturated heterocycles. The zero-order chi connectivity index (χ0) is 20.4. The highest BCUT2D eigenvalue weighted by molar-refractivity contribution is 5.93. The molecule has 1 aromatic heterocycles. The first-order valence-corrected chi connectivity index (χ1v) is 8.69. The fourth-order valence-corrected chi connectivity index (χ4v) is 2.36. The molecule has 0 fully saturated rings. The van der Waals surface area contributed by atoms with E-state index >= 15 is 0 Å². The fraction of sp³-hybridized carbons (Fsp3) is 0.316. The number of amides is 1. The van der Waals surface area contributed by atoms with Crippen molar-refractivity contribution in [2.75, 3.05) is 26.7 Å². The lowest BCUT2D eigenvalue weighted by molar-refractivity contribution is -0.137. The Morgan fingerprint density at radius 2 is 1.71 bits per heavy atom. The van der Waals surface area contributed by atoms with Crippen LogP contribution >= 0.6 is 0 Å². The molecule has 0 spiro atoms. The van der Waals surface area contributed by atoms with Crippen LogP contribution in [0.2, 0.25) is 0 Å². The first kappa shape index (κ1) is 21.2. The van der Waals surface area contributed by atoms with Crippen LogP contribution in [0.4, 0.5) is 13.2 Å². The van der Waals surface area contributed by atoms with Crippen molar-refractivity contribution in [1.82, 2.24) is 20.9 Å². The average Bonchev–Trinajstić information content (AvgIpc) is 2.70. The molecule has 0 aliphatic heterocycles. The largest absolute Gasteiger partial charge is 0.416 e. The lowest BCUT2D eigenvalue weighted by atomic mass is 10.1. The zero-order valence-electron chi connectivity index (χ0n) is 15.4. The Bertz CT molecular complexity index is 776. The summed E-state index contributed by atoms with van der Waals surface area (Å²) >= 11 is 0. The quantitative estimate of drug-likeness (QED) is 0.383. The molecule has 9 heteroatoms. The van der Waals surface area contributed by atoms with Gasteiger partial charge in [0, 0.05) is 39.1 Å². The summed E-state index contributed by atoms with van der Waals surface area (Å²) in [6.07, 6.45) is -0.686. The topological polar surface area (TPSA) is 78.4 Å². The van der Waals surface area contributed by atoms with E-state index in [-0.39, 0.29) is 5.91 Å². The third-order valence-electron chi connectivity index (χ3n) is 3.84. The second-order valence-electron chi connectivity index (χ2n) is 5.87. The van der Waals surface area contributed by atoms with Crippen molar-refractivity contribution in [3.05, 3.63) is 65.5 Å². The number of carbonyl (C=O) groups is 1. The summed E-state index contributed by atoms with van der Waals surface area (Å²) in [5.74, 6) is 0.336. The Balaban J connectivity index is 1.67. The van der Waals surface area contributed by atoms with Gasteiger partial charge in [0.15, 0.2) is 5.96 Å². The van der Waals surface area contributed by atoms with Gasteiger partial charge in [0.2, 0.25) is 0 Å². The predicted octanol–water partition coefficient (Wildman–Crippen LogP) is 2.24. The van der Waals surface area contributed by atoms with E-state index in [0.29, 0.717) is 37.6 Å². The van der Waals surface area contributed by atoms with Crippen LogP contribution in [-0.4, -0.2) is 43.5 Å². The summed E-state index contributed by atoms with van der Waals surface area (Å²) in [7, 11) is 1.61. The van der Waals surface area contributed by atoms with Crippen molar-refractivity contribution in [3.63, 3.8) is 0 Å². The summed E-state index contributed by atoms with van der Waals surface area (Å²) in [6, 6.07) is 8.46. The summed E-state index contributed by atoms with van der Waals surface area (Å²) < 4.78 is 37.7. The van der Waals surface area contributed by atoms with E-state index in [1.807, 2.05) is 0 Å². The number of rotatable bonds is 7. The highest BCUT2D eigenvalue weighted by atomic mass is 19.4. The number of hydrogen-bond acceptors (Lipinski definition) is 3. The number of guanidine groups is 1. The number of nitrogens with zero attached hydrogens (tertiary/aromatic N) is 2. The highest BCUT2D eigenvalue weighted by Gasteiger charge is 2.29. The molecule has 1 heterocycles. The van der Waals surface area contributed by atoms with Gasteiger partial charge in [-0.05, 0) is 36.2 Å². The van der Waals surface area contributed by atoms with Crippen LogP contribution in [0.5, 0.6) is 0 Å². The third kappa shape index (κ3) is 6.90. The molecule has 0 bridgehead atoms. The lowest BCUT2D eigenvalue weighted by Crippen LogP contribution is -2.42. The van der Waals surface area contributed by atoms with E-state index in [2.05, 4.69) is 25.9 Å². The Morgan fingerprint density at radius 1 is 1.04 bits per heavy atom. The maximum absolute atomic E-state index is 12.6. The van der Waals surface area contributed by atoms with Gasteiger partial charge in [-0.2, -0.15) is 13.2 Å². The van der Waals surface area contributed by atoms with E-state index in [1.165, 1.54) is 18.3 Å². The molecule has 0 aliphatic rings. The van der Waals surface area contributed by atoms with Gasteiger partial charge in [-0.3, -0.25) is 14.8 Å². The van der Waals surface area contributed by atoms with E-state index in [0.717, 1.165) is 17.7 Å². The van der Waals surface area contributed by atoms with Gasteiger partial charge in [-0.15, -0.1) is 0 Å². The van der Waals surface area contributed by atoms with E-state index in [9.17, 15) is 18.0 Å². The molecule has 150 valence electrons. The van der Waals surface area contributed by atoms with Gasteiger partial charge in [-0.25, -0.2) is 0 Å². The second-order valence-corrected chi connectivity index (χ2v) is 5.87. The summed E-state index contributed by atoms with van der Waals surface area (Å²) in [6.45, 7) is 1.37. The molecule has 6 nitrogen and oxygen atoms in total. The maximum Gasteiger partial charge on any atom is 0.416 e. The van der Waals surface area contributed by atoms with Gasteiger partial charge in [0.05, 0.1) is 11.1 Å². The molecule has 1 aromatic carbocycles. The molecule has 2 aromatic rings. The Kier molecular flexibility index (Phi) is 7.79. The molecule has 0 aliphatic carbocycles. The van der Waals surface area contributed by atoms with E-state index in [1.54, 1.807) is 25.4 Å². The molecular weight excluding hydrogens is 371 g/mol. The molecule has 0 unspecified atom stereocenters. The smallest absolute Gasteiger partial charge is 0.356 e. The van der Waals surface area contributed by atoms with Crippen LogP contribution in [0.3, 0.4) is 0 Å². The standard InChI is InChI=1S/C19H22F3N5O/c1-23-18(27-12-11-25-17(28)15-3-2-9-24-13-15)26-10-8-14-4-6-16(7-5-14)19(20,21)22/h2-7,9,13H,8,10-12H2,1H3,(H,25,28)(H2,23,26,27). The number of alkyl halides is 3. The van der Waals surface area contributed by atoms with Crippen LogP contribution in [0.1, 0.15) is 21.5 Å². The van der Waals surface area contributed by atoms with Gasteiger partial charge < -0.3 is 16.0 Å². The number of hydrogen-bond donors (Lipinski definition) is 3. The maximum atomic E-state index is 12.6. The predicted molar refractivity (Wildman–Crippen MR) is 101 cm³/mol. The second kappa shape index (κ2) is 10.3. The van der Waals surface area contributed by atoms with Crippen molar-refractivity contribution >= 4 is 11.9 Å². The van der Waals surface area contributed by atoms with Crippen LogP contribution in [0.15, 0.2) is 53.8 Å². The first-order chi connectivity index (χ1) is 13.4. The Labute approximate surface area is 161 Å². The Hall–Kier alpha value is -3.10. The summed E-state index contributed by atoms with van der Waals surface area (Å²) in [4.78, 5) is 19.8. The normalized spacial score (nSPS) is 11.8. The van der Waals surface area contributed by atoms with E-state index < -0.39 is 11.7 Å². The zero-order valence-corrected chi connectivity index (χ0v) is 15.4. The average molecular weight is 393 g/mol. The van der Waals surface area contributed by atoms with Gasteiger partial charge >= 0.3 is 6.18 Å². The molecule has 2 rings (SSSR count). The number of aliphatic imine (C=N–C) groups is 1. The van der Waals surface area contributed by atoms with Crippen LogP contribution in [-0.2, 0) is 12.6 Å². The van der Waals surface area contributed by atoms with Crippen LogP contribution in [0.25, 0.3) is 0 Å². The van der Waals surface area contributed by atoms with E-state index in [4.69, 9.17) is 0 Å². The Morgan fingerprint density at radius 3 is 2.32 bits per heavy atom. The minimum absolute atomic E-state index is 0.208. The van der Waals surface area contributed by atoms with Crippen molar-refractivity contribution < 1.29 is 18.0 Å². The molecule has 0 radical (unpaired) electrons. The lowest BCUT2D eigenvalue weighted by Gasteiger charge is -2.13. The van der Waals surface area contributed by atoms with Crippen molar-refractivity contribution in [2.24, 2.45) is 4.99 Å². The minimum atomic E-state index is -4.32. The number of aromatic nitrogens is 1. The molecule has 0 saturated carbocycles. The van der Waals surface area contributed by atoms with Crippen LogP contribution in [0, 0.1) is 0 Å². The molecular formula is C19H22F3N5O. The van der Waals surface area contributed by atoms with Crippen molar-refractivity contribution in [2.45, 2.75) is 12.6 Å². The van der Waals surface area contributed by atoms with Gasteiger partial charge in [-0.1, -0.05) is 12.1 Å². The SMILES string of the molecule is CN=C(NCCNC(=O)c1cccnc1)NCCc1ccc(C(F)(F)F)cc1. The minimum Gasteiger partial charge on any atom is -0.356 e. The number of halogens is 3. The molecule has 1 amide bonds. The summed E-state index contributed by atoms with van der Waals surface area (Å²) in [5, 5.41) is 8.89. The monoisotopic (exact) mass is 393 g/mol. The first-order valence-electron chi connectivity index (χ1n) is 8.69. The third-order valence-corrected chi connectivity index (χ3v) is 3.84. The molecule has 3 N–H and O–H groups in total. The number of pyridine rings is 1. The molecule has 0 atom stereocenters.